The predicted octanol–water partition coefficient (Wildman–Crippen LogP) is 4.49. The molecule has 1 amide bonds. The number of fused-ring (bicyclic) bond motifs is 2. The number of nitrogens with zero attached hydrogens (tertiary/aromatic N) is 2. The number of aromatic nitrogens is 2. The van der Waals surface area contributed by atoms with Gasteiger partial charge in [-0.15, -0.1) is 0 Å². The second kappa shape index (κ2) is 7.80. The SMILES string of the molecule is CC[C@H]1CN(C(=O)CCc2nc3ccc(F)cc3[nH]2)Cc2ccc(Cl)cc2O1. The molecule has 3 aromatic rings. The van der Waals surface area contributed by atoms with Crippen molar-refractivity contribution in [2.75, 3.05) is 6.54 Å². The molecule has 2 aromatic carbocycles. The fraction of sp³-hybridized carbons (Fsp3) is 0.333. The number of hydrogen-bond acceptors (Lipinski definition) is 3. The zero-order valence-corrected chi connectivity index (χ0v) is 16.3. The molecule has 0 saturated heterocycles. The molecule has 2 heterocycles. The first-order valence-electron chi connectivity index (χ1n) is 9.39. The molecule has 1 atom stereocenters. The van der Waals surface area contributed by atoms with E-state index in [2.05, 4.69) is 9.97 Å². The third-order valence-electron chi connectivity index (χ3n) is 4.98. The molecule has 0 unspecified atom stereocenters. The van der Waals surface area contributed by atoms with Gasteiger partial charge in [-0.1, -0.05) is 24.6 Å². The summed E-state index contributed by atoms with van der Waals surface area (Å²) in [5.41, 5.74) is 2.29. The first-order chi connectivity index (χ1) is 13.5. The Bertz CT molecular complexity index is 1020. The van der Waals surface area contributed by atoms with Crippen molar-refractivity contribution in [2.45, 2.75) is 38.8 Å². The Morgan fingerprint density at radius 2 is 2.21 bits per heavy atom. The molecule has 1 aliphatic rings. The monoisotopic (exact) mass is 401 g/mol. The van der Waals surface area contributed by atoms with Crippen LogP contribution in [0.1, 0.15) is 31.2 Å². The lowest BCUT2D eigenvalue weighted by atomic mass is 10.1. The van der Waals surface area contributed by atoms with Crippen molar-refractivity contribution in [3.63, 3.8) is 0 Å². The van der Waals surface area contributed by atoms with Crippen LogP contribution in [0.5, 0.6) is 5.75 Å². The van der Waals surface area contributed by atoms with Crippen molar-refractivity contribution in [3.8, 4) is 5.75 Å². The van der Waals surface area contributed by atoms with Gasteiger partial charge in [0.15, 0.2) is 0 Å². The maximum Gasteiger partial charge on any atom is 0.223 e. The van der Waals surface area contributed by atoms with Crippen LogP contribution in [0.2, 0.25) is 5.02 Å². The normalized spacial score (nSPS) is 16.5. The van der Waals surface area contributed by atoms with E-state index in [1.807, 2.05) is 24.0 Å². The first-order valence-corrected chi connectivity index (χ1v) is 9.76. The smallest absolute Gasteiger partial charge is 0.223 e. The number of carbonyl (C=O) groups is 1. The summed E-state index contributed by atoms with van der Waals surface area (Å²) in [6.45, 7) is 3.07. The fourth-order valence-electron chi connectivity index (χ4n) is 3.44. The summed E-state index contributed by atoms with van der Waals surface area (Å²) < 4.78 is 19.4. The zero-order valence-electron chi connectivity index (χ0n) is 15.5. The molecule has 4 rings (SSSR count). The maximum atomic E-state index is 13.3. The van der Waals surface area contributed by atoms with Crippen LogP contribution >= 0.6 is 11.6 Å². The van der Waals surface area contributed by atoms with Crippen molar-refractivity contribution in [2.24, 2.45) is 0 Å². The lowest BCUT2D eigenvalue weighted by Crippen LogP contribution is -2.37. The number of H-pyrrole nitrogens is 1. The highest BCUT2D eigenvalue weighted by Gasteiger charge is 2.25. The van der Waals surface area contributed by atoms with Gasteiger partial charge >= 0.3 is 0 Å². The molecule has 0 saturated carbocycles. The highest BCUT2D eigenvalue weighted by molar-refractivity contribution is 6.30. The molecule has 0 fully saturated rings. The van der Waals surface area contributed by atoms with E-state index in [0.717, 1.165) is 17.7 Å². The van der Waals surface area contributed by atoms with Crippen LogP contribution in [0.15, 0.2) is 36.4 Å². The summed E-state index contributed by atoms with van der Waals surface area (Å²) in [4.78, 5) is 22.2. The molecule has 0 aliphatic carbocycles. The summed E-state index contributed by atoms with van der Waals surface area (Å²) in [6.07, 6.45) is 1.52. The number of hydrogen-bond donors (Lipinski definition) is 1. The van der Waals surface area contributed by atoms with E-state index in [0.29, 0.717) is 47.8 Å². The summed E-state index contributed by atoms with van der Waals surface area (Å²) >= 11 is 6.09. The van der Waals surface area contributed by atoms with Gasteiger partial charge in [-0.3, -0.25) is 4.79 Å². The molecule has 0 radical (unpaired) electrons. The molecule has 1 N–H and O–H groups in total. The van der Waals surface area contributed by atoms with E-state index in [1.165, 1.54) is 12.1 Å². The molecule has 1 aromatic heterocycles. The Morgan fingerprint density at radius 3 is 3.04 bits per heavy atom. The molecule has 0 bridgehead atoms. The van der Waals surface area contributed by atoms with Gasteiger partial charge in [0.05, 0.1) is 17.6 Å². The van der Waals surface area contributed by atoms with Gasteiger partial charge < -0.3 is 14.6 Å². The predicted molar refractivity (Wildman–Crippen MR) is 106 cm³/mol. The van der Waals surface area contributed by atoms with Crippen molar-refractivity contribution < 1.29 is 13.9 Å². The van der Waals surface area contributed by atoms with Gasteiger partial charge in [0.25, 0.3) is 0 Å². The Balaban J connectivity index is 1.47. The van der Waals surface area contributed by atoms with E-state index in [1.54, 1.807) is 12.1 Å². The van der Waals surface area contributed by atoms with Gasteiger partial charge in [0, 0.05) is 30.0 Å². The third kappa shape index (κ3) is 3.97. The second-order valence-electron chi connectivity index (χ2n) is 7.02. The quantitative estimate of drug-likeness (QED) is 0.700. The number of aromatic amines is 1. The first kappa shape index (κ1) is 18.7. The molecular weight excluding hydrogens is 381 g/mol. The number of imidazole rings is 1. The van der Waals surface area contributed by atoms with Crippen LogP contribution in [-0.2, 0) is 17.8 Å². The summed E-state index contributed by atoms with van der Waals surface area (Å²) in [6, 6.07) is 9.95. The molecule has 1 aliphatic heterocycles. The average Bonchev–Trinajstić information content (AvgIpc) is 2.98. The lowest BCUT2D eigenvalue weighted by Gasteiger charge is -2.23. The van der Waals surface area contributed by atoms with Gasteiger partial charge in [-0.05, 0) is 36.8 Å². The van der Waals surface area contributed by atoms with Gasteiger partial charge in [0.1, 0.15) is 23.5 Å². The summed E-state index contributed by atoms with van der Waals surface area (Å²) in [7, 11) is 0. The summed E-state index contributed by atoms with van der Waals surface area (Å²) in [5, 5.41) is 0.620. The molecule has 28 heavy (non-hydrogen) atoms. The Labute approximate surface area is 167 Å². The van der Waals surface area contributed by atoms with Crippen LogP contribution in [-0.4, -0.2) is 33.4 Å². The number of benzene rings is 2. The molecule has 146 valence electrons. The number of carbonyl (C=O) groups excluding carboxylic acids is 1. The maximum absolute atomic E-state index is 13.3. The number of rotatable bonds is 4. The van der Waals surface area contributed by atoms with Crippen molar-refractivity contribution >= 4 is 28.5 Å². The number of ether oxygens (including phenoxy) is 1. The van der Waals surface area contributed by atoms with Crippen LogP contribution < -0.4 is 4.74 Å². The Kier molecular flexibility index (Phi) is 5.22. The van der Waals surface area contributed by atoms with E-state index < -0.39 is 0 Å². The molecule has 0 spiro atoms. The molecule has 5 nitrogen and oxygen atoms in total. The Hall–Kier alpha value is -2.60. The minimum Gasteiger partial charge on any atom is -0.488 e. The van der Waals surface area contributed by atoms with Crippen molar-refractivity contribution in [1.82, 2.24) is 14.9 Å². The fourth-order valence-corrected chi connectivity index (χ4v) is 3.60. The highest BCUT2D eigenvalue weighted by Crippen LogP contribution is 2.29. The zero-order chi connectivity index (χ0) is 19.7. The average molecular weight is 402 g/mol. The van der Waals surface area contributed by atoms with Crippen LogP contribution in [0.3, 0.4) is 0 Å². The van der Waals surface area contributed by atoms with Gasteiger partial charge in [-0.25, -0.2) is 9.37 Å². The van der Waals surface area contributed by atoms with E-state index in [4.69, 9.17) is 16.3 Å². The second-order valence-corrected chi connectivity index (χ2v) is 7.46. The number of halogens is 2. The van der Waals surface area contributed by atoms with Crippen LogP contribution in [0, 0.1) is 5.82 Å². The lowest BCUT2D eigenvalue weighted by molar-refractivity contribution is -0.132. The minimum absolute atomic E-state index is 0.0384. The largest absolute Gasteiger partial charge is 0.488 e. The van der Waals surface area contributed by atoms with Gasteiger partial charge in [0.2, 0.25) is 5.91 Å². The van der Waals surface area contributed by atoms with Crippen LogP contribution in [0.25, 0.3) is 11.0 Å². The van der Waals surface area contributed by atoms with E-state index in [-0.39, 0.29) is 17.8 Å². The van der Waals surface area contributed by atoms with Crippen molar-refractivity contribution in [1.29, 1.82) is 0 Å². The number of amides is 1. The third-order valence-corrected chi connectivity index (χ3v) is 5.22. The van der Waals surface area contributed by atoms with Crippen molar-refractivity contribution in [3.05, 3.63) is 58.6 Å². The number of nitrogens with one attached hydrogen (secondary N) is 1. The van der Waals surface area contributed by atoms with Crippen LogP contribution in [0.4, 0.5) is 4.39 Å². The Morgan fingerprint density at radius 1 is 1.36 bits per heavy atom. The van der Waals surface area contributed by atoms with E-state index in [9.17, 15) is 9.18 Å². The summed E-state index contributed by atoms with van der Waals surface area (Å²) in [5.74, 6) is 1.15. The minimum atomic E-state index is -0.312. The standard InChI is InChI=1S/C21H21ClFN3O2/c1-2-16-12-26(11-13-3-4-14(22)9-19(13)28-16)21(27)8-7-20-24-17-6-5-15(23)10-18(17)25-20/h3-6,9-10,16H,2,7-8,11-12H2,1H3,(H,24,25)/t16-/m0/s1. The topological polar surface area (TPSA) is 58.2 Å². The van der Waals surface area contributed by atoms with E-state index >= 15 is 0 Å². The molecular formula is C21H21ClFN3O2. The molecule has 7 heteroatoms. The number of aryl methyl sites for hydroxylation is 1. The van der Waals surface area contributed by atoms with Gasteiger partial charge in [-0.2, -0.15) is 0 Å². The highest BCUT2D eigenvalue weighted by atomic mass is 35.5.